The third-order valence-corrected chi connectivity index (χ3v) is 0.692. The second-order valence-electron chi connectivity index (χ2n) is 0.827. The number of rotatable bonds is 3. The Morgan fingerprint density at radius 3 is 2.71 bits per heavy atom. The van der Waals surface area contributed by atoms with Crippen LogP contribution < -0.4 is 4.72 Å². The molecule has 2 N–H and O–H groups in total. The van der Waals surface area contributed by atoms with Crippen LogP contribution in [0.3, 0.4) is 0 Å². The van der Waals surface area contributed by atoms with Gasteiger partial charge in [0.1, 0.15) is 6.73 Å². The molecule has 0 spiro atoms. The van der Waals surface area contributed by atoms with E-state index in [1.807, 2.05) is 0 Å². The minimum absolute atomic E-state index is 0.100. The molecule has 5 heteroatoms. The molecule has 0 aromatic heterocycles. The Hall–Kier alpha value is 0.0300. The van der Waals surface area contributed by atoms with Crippen LogP contribution in [0.2, 0.25) is 0 Å². The highest BCUT2D eigenvalue weighted by atomic mass is 32.2. The van der Waals surface area contributed by atoms with Gasteiger partial charge in [-0.1, -0.05) is 0 Å². The molecule has 1 unspecified atom stereocenters. The molecule has 0 rings (SSSR count). The largest absolute Gasteiger partial charge is 0.369 e. The molecule has 0 radical (unpaired) electrons. The molecule has 0 heterocycles. The van der Waals surface area contributed by atoms with Gasteiger partial charge in [0.2, 0.25) is 11.3 Å². The van der Waals surface area contributed by atoms with Crippen molar-refractivity contribution < 1.29 is 13.5 Å². The smallest absolute Gasteiger partial charge is 0.233 e. The van der Waals surface area contributed by atoms with Gasteiger partial charge in [0.25, 0.3) is 0 Å². The molecule has 0 saturated heterocycles. The zero-order valence-corrected chi connectivity index (χ0v) is 4.70. The minimum atomic E-state index is -1.94. The van der Waals surface area contributed by atoms with Crippen LogP contribution in [0.15, 0.2) is 0 Å². The van der Waals surface area contributed by atoms with E-state index >= 15 is 0 Å². The Bertz CT molecular complexity index is 66.0. The zero-order chi connectivity index (χ0) is 5.70. The average Bonchev–Trinajstić information content (AvgIpc) is 1.61. The van der Waals surface area contributed by atoms with Crippen LogP contribution >= 0.6 is 0 Å². The van der Waals surface area contributed by atoms with Gasteiger partial charge in [-0.2, -0.15) is 4.72 Å². The van der Waals surface area contributed by atoms with Gasteiger partial charge in [0.15, 0.2) is 0 Å². The second-order valence-corrected chi connectivity index (χ2v) is 1.61. The zero-order valence-electron chi connectivity index (χ0n) is 3.88. The predicted molar refractivity (Wildman–Crippen MR) is 25.8 cm³/mol. The maximum Gasteiger partial charge on any atom is 0.233 e. The molecule has 0 aromatic rings. The van der Waals surface area contributed by atoms with Gasteiger partial charge in [0, 0.05) is 7.11 Å². The predicted octanol–water partition coefficient (Wildman–Crippen LogP) is -0.683. The van der Waals surface area contributed by atoms with Crippen LogP contribution in [0.1, 0.15) is 0 Å². The third-order valence-electron chi connectivity index (χ3n) is 0.327. The first-order valence-corrected chi connectivity index (χ1v) is 2.71. The summed E-state index contributed by atoms with van der Waals surface area (Å²) in [5.74, 6) is 0. The quantitative estimate of drug-likeness (QED) is 0.388. The summed E-state index contributed by atoms with van der Waals surface area (Å²) in [5.41, 5.74) is 0. The molecule has 0 aliphatic heterocycles. The van der Waals surface area contributed by atoms with Crippen molar-refractivity contribution in [1.29, 1.82) is 0 Å². The molecule has 44 valence electrons. The van der Waals surface area contributed by atoms with E-state index in [-0.39, 0.29) is 6.73 Å². The summed E-state index contributed by atoms with van der Waals surface area (Å²) >= 11 is -1.94. The van der Waals surface area contributed by atoms with Gasteiger partial charge in [-0.25, -0.2) is 4.21 Å². The lowest BCUT2D eigenvalue weighted by atomic mass is 11.3. The van der Waals surface area contributed by atoms with Gasteiger partial charge in [0.05, 0.1) is 0 Å². The first-order valence-electron chi connectivity index (χ1n) is 1.60. The number of hydrogen-bond acceptors (Lipinski definition) is 2. The maximum atomic E-state index is 9.68. The van der Waals surface area contributed by atoms with Crippen LogP contribution in [0.5, 0.6) is 0 Å². The van der Waals surface area contributed by atoms with E-state index in [0.29, 0.717) is 0 Å². The maximum absolute atomic E-state index is 9.68. The fourth-order valence-corrected chi connectivity index (χ4v) is 0.328. The Balaban J connectivity index is 2.82. The van der Waals surface area contributed by atoms with Crippen molar-refractivity contribution in [3.63, 3.8) is 0 Å². The molecule has 0 aromatic carbocycles. The highest BCUT2D eigenvalue weighted by Crippen LogP contribution is 1.61. The normalized spacial score (nSPS) is 14.0. The molecule has 0 fully saturated rings. The lowest BCUT2D eigenvalue weighted by molar-refractivity contribution is 0.194. The van der Waals surface area contributed by atoms with Crippen LogP contribution in [-0.2, 0) is 16.0 Å². The molecule has 1 atom stereocenters. The summed E-state index contributed by atoms with van der Waals surface area (Å²) in [6.07, 6.45) is 0. The van der Waals surface area contributed by atoms with Gasteiger partial charge in [-0.15, -0.1) is 0 Å². The van der Waals surface area contributed by atoms with Crippen LogP contribution in [0.4, 0.5) is 0 Å². The van der Waals surface area contributed by atoms with E-state index in [2.05, 4.69) is 9.46 Å². The first kappa shape index (κ1) is 7.03. The monoisotopic (exact) mass is 125 g/mol. The van der Waals surface area contributed by atoms with Crippen molar-refractivity contribution in [3.8, 4) is 0 Å². The van der Waals surface area contributed by atoms with Gasteiger partial charge >= 0.3 is 0 Å². The van der Waals surface area contributed by atoms with Crippen molar-refractivity contribution in [2.45, 2.75) is 0 Å². The fourth-order valence-electron chi connectivity index (χ4n) is 0.109. The van der Waals surface area contributed by atoms with Crippen LogP contribution in [0, 0.1) is 0 Å². The number of ether oxygens (including phenoxy) is 1. The molecular formula is C2H7NO3S. The van der Waals surface area contributed by atoms with Gasteiger partial charge in [-0.3, -0.25) is 4.55 Å². The highest BCUT2D eigenvalue weighted by Gasteiger charge is 1.84. The summed E-state index contributed by atoms with van der Waals surface area (Å²) in [6, 6.07) is 0. The lowest BCUT2D eigenvalue weighted by Gasteiger charge is -1.92. The molecule has 0 amide bonds. The number of methoxy groups -OCH3 is 1. The number of hydrogen-bond donors (Lipinski definition) is 2. The van der Waals surface area contributed by atoms with Crippen LogP contribution in [-0.4, -0.2) is 22.6 Å². The van der Waals surface area contributed by atoms with Crippen molar-refractivity contribution in [2.75, 3.05) is 13.8 Å². The lowest BCUT2D eigenvalue weighted by Crippen LogP contribution is -2.18. The van der Waals surface area contributed by atoms with Crippen molar-refractivity contribution in [3.05, 3.63) is 0 Å². The summed E-state index contributed by atoms with van der Waals surface area (Å²) < 4.78 is 24.1. The molecule has 0 aliphatic carbocycles. The van der Waals surface area contributed by atoms with E-state index in [1.165, 1.54) is 7.11 Å². The van der Waals surface area contributed by atoms with E-state index in [9.17, 15) is 4.21 Å². The van der Waals surface area contributed by atoms with Crippen molar-refractivity contribution >= 4 is 11.3 Å². The summed E-state index contributed by atoms with van der Waals surface area (Å²) in [7, 11) is 1.43. The Kier molecular flexibility index (Phi) is 4.21. The minimum Gasteiger partial charge on any atom is -0.369 e. The first-order chi connectivity index (χ1) is 3.27. The van der Waals surface area contributed by atoms with E-state index < -0.39 is 11.3 Å². The third kappa shape index (κ3) is 6.03. The topological polar surface area (TPSA) is 58.6 Å². The van der Waals surface area contributed by atoms with Gasteiger partial charge in [-0.05, 0) is 0 Å². The average molecular weight is 125 g/mol. The molecule has 0 bridgehead atoms. The molecule has 0 saturated carbocycles. The van der Waals surface area contributed by atoms with E-state index in [0.717, 1.165) is 0 Å². The Labute approximate surface area is 44.3 Å². The molecule has 0 aliphatic rings. The summed E-state index contributed by atoms with van der Waals surface area (Å²) in [6.45, 7) is 0.100. The summed E-state index contributed by atoms with van der Waals surface area (Å²) in [4.78, 5) is 0. The second kappa shape index (κ2) is 4.20. The van der Waals surface area contributed by atoms with Crippen molar-refractivity contribution in [1.82, 2.24) is 4.72 Å². The SMILES string of the molecule is COCNS(=O)O. The van der Waals surface area contributed by atoms with E-state index in [4.69, 9.17) is 4.55 Å². The van der Waals surface area contributed by atoms with Gasteiger partial charge < -0.3 is 4.74 Å². The molecule has 4 nitrogen and oxygen atoms in total. The highest BCUT2D eigenvalue weighted by molar-refractivity contribution is 7.77. The van der Waals surface area contributed by atoms with E-state index in [1.54, 1.807) is 0 Å². The van der Waals surface area contributed by atoms with Crippen molar-refractivity contribution in [2.24, 2.45) is 0 Å². The Morgan fingerprint density at radius 1 is 2.00 bits per heavy atom. The summed E-state index contributed by atoms with van der Waals surface area (Å²) in [5, 5.41) is 0. The standard InChI is InChI=1S/C2H7NO3S/c1-6-2-3-7(4)5/h3H,2H2,1H3,(H,4,5). The molecule has 7 heavy (non-hydrogen) atoms. The molecular weight excluding hydrogens is 118 g/mol. The fraction of sp³-hybridized carbons (Fsp3) is 1.00. The Morgan fingerprint density at radius 2 is 2.57 bits per heavy atom. The number of nitrogens with one attached hydrogen (secondary N) is 1. The van der Waals surface area contributed by atoms with Crippen LogP contribution in [0.25, 0.3) is 0 Å².